The molecule has 0 saturated carbocycles. The molecule has 38 heavy (non-hydrogen) atoms. The monoisotopic (exact) mass is 562 g/mol. The van der Waals surface area contributed by atoms with E-state index in [4.69, 9.17) is 0 Å². The van der Waals surface area contributed by atoms with E-state index in [9.17, 15) is 43.9 Å². The van der Waals surface area contributed by atoms with Crippen LogP contribution < -0.4 is 10.0 Å². The molecule has 0 aliphatic rings. The highest BCUT2D eigenvalue weighted by molar-refractivity contribution is 7.91. The largest absolute Gasteiger partial charge is 0.435 e. The van der Waals surface area contributed by atoms with E-state index in [0.717, 1.165) is 13.8 Å². The van der Waals surface area contributed by atoms with Crippen molar-refractivity contribution in [3.05, 3.63) is 94.5 Å². The lowest BCUT2D eigenvalue weighted by atomic mass is 9.90. The van der Waals surface area contributed by atoms with Crippen molar-refractivity contribution in [3.8, 4) is 0 Å². The van der Waals surface area contributed by atoms with Crippen LogP contribution in [0.5, 0.6) is 0 Å². The number of rotatable bonds is 7. The van der Waals surface area contributed by atoms with Crippen LogP contribution in [-0.4, -0.2) is 26.7 Å². The normalized spacial score (nSPS) is 12.8. The Kier molecular flexibility index (Phi) is 7.83. The minimum Gasteiger partial charge on any atom is -0.322 e. The fraction of sp³-hybridized carbons (Fsp3) is 0.240. The standard InChI is InChI=1S/C25H21F7N2O3S/c1-15-11-19(23(26,24(27,28)29)25(30,31)32)12-16(2)21(15)33-22(35)18-9-6-10-20(13-18)34-38(36,37)14-17-7-4-3-5-8-17/h3-13,34H,14H2,1-2H3,(H,33,35). The van der Waals surface area contributed by atoms with Gasteiger partial charge in [-0.15, -0.1) is 0 Å². The molecule has 0 fully saturated rings. The van der Waals surface area contributed by atoms with Crippen LogP contribution in [0.15, 0.2) is 66.7 Å². The van der Waals surface area contributed by atoms with Crippen molar-refractivity contribution >= 4 is 27.3 Å². The van der Waals surface area contributed by atoms with Crippen molar-refractivity contribution in [1.29, 1.82) is 0 Å². The minimum absolute atomic E-state index is 0.0509. The molecule has 0 atom stereocenters. The highest BCUT2D eigenvalue weighted by Crippen LogP contribution is 2.53. The van der Waals surface area contributed by atoms with Gasteiger partial charge in [0.15, 0.2) is 0 Å². The molecule has 0 spiro atoms. The number of benzene rings is 3. The van der Waals surface area contributed by atoms with Crippen molar-refractivity contribution < 1.29 is 43.9 Å². The van der Waals surface area contributed by atoms with E-state index in [2.05, 4.69) is 10.0 Å². The molecular weight excluding hydrogens is 541 g/mol. The summed E-state index contributed by atoms with van der Waals surface area (Å²) in [6.45, 7) is 2.24. The van der Waals surface area contributed by atoms with E-state index < -0.39 is 39.5 Å². The van der Waals surface area contributed by atoms with Crippen LogP contribution >= 0.6 is 0 Å². The molecule has 3 aromatic carbocycles. The van der Waals surface area contributed by atoms with Gasteiger partial charge in [-0.25, -0.2) is 12.8 Å². The van der Waals surface area contributed by atoms with Crippen LogP contribution in [0.3, 0.4) is 0 Å². The van der Waals surface area contributed by atoms with Crippen molar-refractivity contribution in [2.75, 3.05) is 10.0 Å². The second-order valence-corrected chi connectivity index (χ2v) is 10.2. The zero-order valence-corrected chi connectivity index (χ0v) is 20.7. The van der Waals surface area contributed by atoms with Gasteiger partial charge in [-0.2, -0.15) is 26.3 Å². The fourth-order valence-electron chi connectivity index (χ4n) is 3.77. The maximum Gasteiger partial charge on any atom is 0.435 e. The Morgan fingerprint density at radius 2 is 1.34 bits per heavy atom. The molecule has 0 aliphatic heterocycles. The number of hydrogen-bond donors (Lipinski definition) is 2. The highest BCUT2D eigenvalue weighted by atomic mass is 32.2. The fourth-order valence-corrected chi connectivity index (χ4v) is 4.96. The number of sulfonamides is 1. The zero-order valence-electron chi connectivity index (χ0n) is 19.8. The van der Waals surface area contributed by atoms with Gasteiger partial charge in [0.25, 0.3) is 5.91 Å². The molecular formula is C25H21F7N2O3S. The molecule has 2 N–H and O–H groups in total. The molecule has 0 radical (unpaired) electrons. The van der Waals surface area contributed by atoms with E-state index in [-0.39, 0.29) is 33.8 Å². The Balaban J connectivity index is 1.85. The summed E-state index contributed by atoms with van der Waals surface area (Å²) in [6, 6.07) is 14.4. The molecule has 1 amide bonds. The van der Waals surface area contributed by atoms with Gasteiger partial charge in [0.1, 0.15) is 0 Å². The highest BCUT2D eigenvalue weighted by Gasteiger charge is 2.73. The second-order valence-electron chi connectivity index (χ2n) is 8.52. The number of nitrogens with one attached hydrogen (secondary N) is 2. The molecule has 0 bridgehead atoms. The Bertz CT molecular complexity index is 1400. The summed E-state index contributed by atoms with van der Waals surface area (Å²) in [5.41, 5.74) is -7.37. The number of carbonyl (C=O) groups excluding carboxylic acids is 1. The van der Waals surface area contributed by atoms with Gasteiger partial charge in [0, 0.05) is 22.5 Å². The number of amides is 1. The molecule has 204 valence electrons. The first-order valence-electron chi connectivity index (χ1n) is 10.8. The van der Waals surface area contributed by atoms with Crippen LogP contribution in [0.4, 0.5) is 42.1 Å². The van der Waals surface area contributed by atoms with E-state index in [1.807, 2.05) is 0 Å². The third-order valence-corrected chi connectivity index (χ3v) is 6.81. The molecule has 0 aliphatic carbocycles. The minimum atomic E-state index is -6.27. The molecule has 0 unspecified atom stereocenters. The van der Waals surface area contributed by atoms with Crippen LogP contribution in [0.25, 0.3) is 0 Å². The first-order chi connectivity index (χ1) is 17.4. The quantitative estimate of drug-likeness (QED) is 0.312. The summed E-state index contributed by atoms with van der Waals surface area (Å²) in [5.74, 6) is -1.16. The van der Waals surface area contributed by atoms with Crippen molar-refractivity contribution in [1.82, 2.24) is 0 Å². The first-order valence-corrected chi connectivity index (χ1v) is 12.5. The summed E-state index contributed by atoms with van der Waals surface area (Å²) < 4.78 is 121. The third-order valence-electron chi connectivity index (χ3n) is 5.55. The summed E-state index contributed by atoms with van der Waals surface area (Å²) >= 11 is 0. The lowest BCUT2D eigenvalue weighted by Crippen LogP contribution is -2.50. The molecule has 3 aromatic rings. The Labute approximate surface area is 213 Å². The Morgan fingerprint density at radius 3 is 1.87 bits per heavy atom. The number of anilines is 2. The molecule has 13 heteroatoms. The average molecular weight is 563 g/mol. The number of aryl methyl sites for hydroxylation is 2. The average Bonchev–Trinajstić information content (AvgIpc) is 2.79. The van der Waals surface area contributed by atoms with E-state index >= 15 is 0 Å². The van der Waals surface area contributed by atoms with Crippen LogP contribution in [0.1, 0.15) is 32.6 Å². The Hall–Kier alpha value is -3.61. The van der Waals surface area contributed by atoms with Gasteiger partial charge in [0.2, 0.25) is 10.0 Å². The van der Waals surface area contributed by atoms with Crippen LogP contribution in [0.2, 0.25) is 0 Å². The predicted octanol–water partition coefficient (Wildman–Crippen LogP) is 6.79. The lowest BCUT2D eigenvalue weighted by Gasteiger charge is -2.31. The first kappa shape index (κ1) is 29.0. The third kappa shape index (κ3) is 6.09. The SMILES string of the molecule is Cc1cc(C(F)(C(F)(F)F)C(F)(F)F)cc(C)c1NC(=O)c1cccc(NS(=O)(=O)Cc2ccccc2)c1. The van der Waals surface area contributed by atoms with E-state index in [1.54, 1.807) is 30.3 Å². The predicted molar refractivity (Wildman–Crippen MR) is 128 cm³/mol. The summed E-state index contributed by atoms with van der Waals surface area (Å²) in [5, 5.41) is 2.38. The number of hydrogen-bond acceptors (Lipinski definition) is 3. The number of alkyl halides is 7. The van der Waals surface area contributed by atoms with E-state index in [0.29, 0.717) is 17.7 Å². The van der Waals surface area contributed by atoms with Gasteiger partial charge < -0.3 is 5.32 Å². The maximum atomic E-state index is 14.5. The summed E-state index contributed by atoms with van der Waals surface area (Å²) in [6.07, 6.45) is -12.5. The molecule has 5 nitrogen and oxygen atoms in total. The van der Waals surface area contributed by atoms with Gasteiger partial charge in [-0.05, 0) is 48.7 Å². The molecule has 0 saturated heterocycles. The van der Waals surface area contributed by atoms with Gasteiger partial charge in [0.05, 0.1) is 5.75 Å². The topological polar surface area (TPSA) is 75.3 Å². The van der Waals surface area contributed by atoms with Crippen LogP contribution in [0, 0.1) is 13.8 Å². The van der Waals surface area contributed by atoms with Gasteiger partial charge in [-0.3, -0.25) is 9.52 Å². The number of halogens is 7. The number of carbonyl (C=O) groups is 1. The van der Waals surface area contributed by atoms with Crippen molar-refractivity contribution in [3.63, 3.8) is 0 Å². The van der Waals surface area contributed by atoms with Gasteiger partial charge >= 0.3 is 18.0 Å². The zero-order chi connectivity index (χ0) is 28.5. The Morgan fingerprint density at radius 1 is 0.789 bits per heavy atom. The lowest BCUT2D eigenvalue weighted by molar-refractivity contribution is -0.348. The smallest absolute Gasteiger partial charge is 0.322 e. The molecule has 0 heterocycles. The van der Waals surface area contributed by atoms with Crippen molar-refractivity contribution in [2.45, 2.75) is 37.6 Å². The van der Waals surface area contributed by atoms with Gasteiger partial charge in [-0.1, -0.05) is 48.5 Å². The maximum absolute atomic E-state index is 14.5. The molecule has 0 aromatic heterocycles. The second kappa shape index (κ2) is 10.3. The summed E-state index contributed by atoms with van der Waals surface area (Å²) in [4.78, 5) is 12.8. The van der Waals surface area contributed by atoms with Crippen LogP contribution in [-0.2, 0) is 21.4 Å². The van der Waals surface area contributed by atoms with Crippen molar-refractivity contribution in [2.24, 2.45) is 0 Å². The van der Waals surface area contributed by atoms with E-state index in [1.165, 1.54) is 24.3 Å². The molecule has 3 rings (SSSR count). The summed E-state index contributed by atoms with van der Waals surface area (Å²) in [7, 11) is -3.85.